The first-order valence-electron chi connectivity index (χ1n) is 9.45. The Morgan fingerprint density at radius 1 is 1.22 bits per heavy atom. The van der Waals surface area contributed by atoms with Gasteiger partial charge in [0.2, 0.25) is 0 Å². The molecule has 0 saturated carbocycles. The van der Waals surface area contributed by atoms with Gasteiger partial charge in [0.05, 0.1) is 30.3 Å². The summed E-state index contributed by atoms with van der Waals surface area (Å²) in [4.78, 5) is 2.28. The van der Waals surface area contributed by atoms with Gasteiger partial charge in [0.1, 0.15) is 0 Å². The molecule has 0 spiro atoms. The van der Waals surface area contributed by atoms with Crippen molar-refractivity contribution in [3.05, 3.63) is 52.0 Å². The fourth-order valence-corrected chi connectivity index (χ4v) is 3.80. The molecule has 1 aromatic heterocycles. The highest BCUT2D eigenvalue weighted by Gasteiger charge is 2.26. The predicted molar refractivity (Wildman–Crippen MR) is 109 cm³/mol. The molecular weight excluding hydrogens is 362 g/mol. The summed E-state index contributed by atoms with van der Waals surface area (Å²) in [6.07, 6.45) is 11.4. The maximum absolute atomic E-state index is 9.47. The van der Waals surface area contributed by atoms with Crippen molar-refractivity contribution >= 4 is 29.6 Å². The van der Waals surface area contributed by atoms with Gasteiger partial charge in [0.15, 0.2) is 5.82 Å². The van der Waals surface area contributed by atoms with E-state index in [1.807, 2.05) is 28.9 Å². The quantitative estimate of drug-likeness (QED) is 0.874. The number of allylic oxidation sites excluding steroid dienone is 2. The molecule has 0 radical (unpaired) electrons. The van der Waals surface area contributed by atoms with Crippen LogP contribution in [0.1, 0.15) is 19.3 Å². The Bertz CT molecular complexity index is 932. The molecule has 6 heteroatoms. The van der Waals surface area contributed by atoms with Gasteiger partial charge in [0, 0.05) is 23.4 Å². The highest BCUT2D eigenvalue weighted by Crippen LogP contribution is 2.18. The molecule has 1 N–H and O–H groups in total. The van der Waals surface area contributed by atoms with Crippen LogP contribution < -0.4 is 15.5 Å². The molecule has 1 unspecified atom stereocenters. The van der Waals surface area contributed by atoms with E-state index in [2.05, 4.69) is 29.2 Å². The standard InChI is InChI=1S/C21H24ClN3O2/c22-16-7-9-17(10-8-16)25-20-6-4-2-1-3-5-19(20)21(23-25)24-12-14-27-15-18(24)11-13-26/h1,3,5-10,18,26H,2,4,11-15H2/b3-1-,19-5+,20-6+. The van der Waals surface area contributed by atoms with Crippen LogP contribution in [-0.4, -0.2) is 47.3 Å². The van der Waals surface area contributed by atoms with Crippen LogP contribution in [0.15, 0.2) is 36.4 Å². The summed E-state index contributed by atoms with van der Waals surface area (Å²) in [5.41, 5.74) is 0.989. The fourth-order valence-electron chi connectivity index (χ4n) is 3.68. The molecule has 1 atom stereocenters. The van der Waals surface area contributed by atoms with Crippen LogP contribution in [0.25, 0.3) is 17.8 Å². The highest BCUT2D eigenvalue weighted by molar-refractivity contribution is 6.30. The number of fused-ring (bicyclic) bond motifs is 1. The van der Waals surface area contributed by atoms with Crippen molar-refractivity contribution in [2.24, 2.45) is 0 Å². The summed E-state index contributed by atoms with van der Waals surface area (Å²) in [5.74, 6) is 0.949. The molecule has 2 aromatic rings. The Morgan fingerprint density at radius 3 is 2.89 bits per heavy atom. The van der Waals surface area contributed by atoms with Gasteiger partial charge in [-0.25, -0.2) is 4.68 Å². The molecule has 142 valence electrons. The van der Waals surface area contributed by atoms with E-state index < -0.39 is 0 Å². The van der Waals surface area contributed by atoms with Gasteiger partial charge in [-0.3, -0.25) is 0 Å². The number of aliphatic hydroxyl groups is 1. The largest absolute Gasteiger partial charge is 0.396 e. The number of ether oxygens (including phenoxy) is 1. The molecule has 4 rings (SSSR count). The average Bonchev–Trinajstić information content (AvgIpc) is 3.00. The first-order valence-corrected chi connectivity index (χ1v) is 9.83. The normalized spacial score (nSPS) is 23.3. The summed E-state index contributed by atoms with van der Waals surface area (Å²) in [7, 11) is 0. The van der Waals surface area contributed by atoms with Crippen LogP contribution in [-0.2, 0) is 4.74 Å². The lowest BCUT2D eigenvalue weighted by atomic mass is 10.1. The average molecular weight is 386 g/mol. The van der Waals surface area contributed by atoms with E-state index in [1.54, 1.807) is 0 Å². The Hall–Kier alpha value is -2.08. The molecule has 2 heterocycles. The van der Waals surface area contributed by atoms with E-state index in [0.717, 1.165) is 41.5 Å². The number of hydrogen-bond donors (Lipinski definition) is 1. The molecule has 1 saturated heterocycles. The smallest absolute Gasteiger partial charge is 0.159 e. The molecule has 1 aromatic carbocycles. The summed E-state index contributed by atoms with van der Waals surface area (Å²) >= 11 is 6.07. The van der Waals surface area contributed by atoms with E-state index in [4.69, 9.17) is 21.4 Å². The summed E-state index contributed by atoms with van der Waals surface area (Å²) in [5, 5.41) is 17.4. The number of rotatable bonds is 4. The van der Waals surface area contributed by atoms with Crippen molar-refractivity contribution in [3.8, 4) is 5.69 Å². The number of benzene rings is 1. The SMILES string of the molecule is OCCC1COCCN1c1nn(-c2ccc(Cl)cc2)c2/c1=C\C=C/CC\C=2. The van der Waals surface area contributed by atoms with Crippen molar-refractivity contribution in [1.29, 1.82) is 0 Å². The van der Waals surface area contributed by atoms with E-state index in [-0.39, 0.29) is 12.6 Å². The van der Waals surface area contributed by atoms with Gasteiger partial charge in [-0.05, 0) is 49.6 Å². The van der Waals surface area contributed by atoms with Crippen molar-refractivity contribution in [2.75, 3.05) is 31.3 Å². The second-order valence-electron chi connectivity index (χ2n) is 6.82. The first-order chi connectivity index (χ1) is 13.3. The lowest BCUT2D eigenvalue weighted by Crippen LogP contribution is -2.48. The van der Waals surface area contributed by atoms with Gasteiger partial charge in [-0.2, -0.15) is 0 Å². The maximum Gasteiger partial charge on any atom is 0.159 e. The van der Waals surface area contributed by atoms with Crippen LogP contribution in [0.5, 0.6) is 0 Å². The molecule has 0 amide bonds. The number of morpholine rings is 1. The van der Waals surface area contributed by atoms with Gasteiger partial charge in [-0.15, -0.1) is 5.10 Å². The van der Waals surface area contributed by atoms with Gasteiger partial charge >= 0.3 is 0 Å². The van der Waals surface area contributed by atoms with Crippen LogP contribution in [0, 0.1) is 0 Å². The Balaban J connectivity index is 1.88. The molecular formula is C21H24ClN3O2. The topological polar surface area (TPSA) is 50.5 Å². The predicted octanol–water partition coefficient (Wildman–Crippen LogP) is 2.02. The minimum atomic E-state index is 0.129. The van der Waals surface area contributed by atoms with Crippen molar-refractivity contribution in [1.82, 2.24) is 9.78 Å². The monoisotopic (exact) mass is 385 g/mol. The third kappa shape index (κ3) is 3.81. The first kappa shape index (κ1) is 18.3. The lowest BCUT2D eigenvalue weighted by molar-refractivity contribution is 0.0844. The van der Waals surface area contributed by atoms with E-state index >= 15 is 0 Å². The number of hydrogen-bond acceptors (Lipinski definition) is 4. The Morgan fingerprint density at radius 2 is 2.07 bits per heavy atom. The number of nitrogens with zero attached hydrogens (tertiary/aromatic N) is 3. The molecule has 27 heavy (non-hydrogen) atoms. The number of halogens is 1. The third-order valence-corrected chi connectivity index (χ3v) is 5.29. The molecule has 1 aliphatic carbocycles. The van der Waals surface area contributed by atoms with Crippen molar-refractivity contribution < 1.29 is 9.84 Å². The second kappa shape index (κ2) is 8.30. The van der Waals surface area contributed by atoms with E-state index in [9.17, 15) is 5.11 Å². The maximum atomic E-state index is 9.47. The minimum absolute atomic E-state index is 0.129. The van der Waals surface area contributed by atoms with E-state index in [0.29, 0.717) is 24.7 Å². The van der Waals surface area contributed by atoms with Gasteiger partial charge < -0.3 is 14.7 Å². The zero-order valence-electron chi connectivity index (χ0n) is 15.2. The molecule has 1 fully saturated rings. The van der Waals surface area contributed by atoms with Crippen LogP contribution in [0.4, 0.5) is 5.82 Å². The number of anilines is 1. The van der Waals surface area contributed by atoms with Crippen LogP contribution in [0.3, 0.4) is 0 Å². The lowest BCUT2D eigenvalue weighted by Gasteiger charge is -2.35. The van der Waals surface area contributed by atoms with Crippen molar-refractivity contribution in [2.45, 2.75) is 25.3 Å². The van der Waals surface area contributed by atoms with Crippen LogP contribution >= 0.6 is 11.6 Å². The fraction of sp³-hybridized carbons (Fsp3) is 0.381. The highest BCUT2D eigenvalue weighted by atomic mass is 35.5. The Labute approximate surface area is 163 Å². The van der Waals surface area contributed by atoms with Gasteiger partial charge in [0.25, 0.3) is 0 Å². The van der Waals surface area contributed by atoms with Gasteiger partial charge in [-0.1, -0.05) is 29.8 Å². The third-order valence-electron chi connectivity index (χ3n) is 5.04. The van der Waals surface area contributed by atoms with Crippen molar-refractivity contribution in [3.63, 3.8) is 0 Å². The molecule has 5 nitrogen and oxygen atoms in total. The Kier molecular flexibility index (Phi) is 5.62. The zero-order valence-corrected chi connectivity index (χ0v) is 16.0. The molecule has 1 aliphatic heterocycles. The van der Waals surface area contributed by atoms with Crippen LogP contribution in [0.2, 0.25) is 5.02 Å². The number of aromatic nitrogens is 2. The molecule has 2 aliphatic rings. The van der Waals surface area contributed by atoms with E-state index in [1.165, 1.54) is 0 Å². The number of aliphatic hydroxyl groups excluding tert-OH is 1. The summed E-state index contributed by atoms with van der Waals surface area (Å²) in [6.45, 7) is 2.19. The zero-order chi connectivity index (χ0) is 18.6. The second-order valence-corrected chi connectivity index (χ2v) is 7.26. The summed E-state index contributed by atoms with van der Waals surface area (Å²) < 4.78 is 7.65. The molecule has 0 bridgehead atoms. The summed E-state index contributed by atoms with van der Waals surface area (Å²) in [6, 6.07) is 7.89. The minimum Gasteiger partial charge on any atom is -0.396 e.